The molecule has 33 heavy (non-hydrogen) atoms. The summed E-state index contributed by atoms with van der Waals surface area (Å²) in [5, 5.41) is 13.5. The molecular formula is C24H31Cl2N5O2. The van der Waals surface area contributed by atoms with Crippen molar-refractivity contribution < 1.29 is 9.90 Å². The van der Waals surface area contributed by atoms with Gasteiger partial charge in [-0.1, -0.05) is 29.3 Å². The number of anilines is 2. The van der Waals surface area contributed by atoms with Crippen molar-refractivity contribution in [1.29, 1.82) is 0 Å². The van der Waals surface area contributed by atoms with Crippen molar-refractivity contribution in [3.63, 3.8) is 0 Å². The van der Waals surface area contributed by atoms with E-state index in [1.165, 1.54) is 12.8 Å². The van der Waals surface area contributed by atoms with Gasteiger partial charge in [-0.25, -0.2) is 4.98 Å². The van der Waals surface area contributed by atoms with Crippen LogP contribution >= 0.6 is 23.2 Å². The molecule has 0 spiro atoms. The average Bonchev–Trinajstić information content (AvgIpc) is 2.73. The van der Waals surface area contributed by atoms with E-state index in [1.807, 2.05) is 25.1 Å². The lowest BCUT2D eigenvalue weighted by Gasteiger charge is -2.46. The third-order valence-corrected chi connectivity index (χ3v) is 7.26. The minimum absolute atomic E-state index is 0.0176. The number of likely N-dealkylation sites (tertiary alicyclic amines) is 1. The van der Waals surface area contributed by atoms with Gasteiger partial charge in [-0.15, -0.1) is 0 Å². The second kappa shape index (κ2) is 10.9. The summed E-state index contributed by atoms with van der Waals surface area (Å²) in [6.07, 6.45) is 5.21. The van der Waals surface area contributed by atoms with Gasteiger partial charge in [0, 0.05) is 42.3 Å². The number of piperidine rings is 1. The lowest BCUT2D eigenvalue weighted by Crippen LogP contribution is -2.54. The van der Waals surface area contributed by atoms with E-state index in [-0.39, 0.29) is 12.5 Å². The van der Waals surface area contributed by atoms with Crippen molar-refractivity contribution >= 4 is 40.9 Å². The zero-order valence-electron chi connectivity index (χ0n) is 18.9. The molecule has 1 aromatic heterocycles. The van der Waals surface area contributed by atoms with Crippen LogP contribution in [-0.4, -0.2) is 58.7 Å². The molecule has 2 atom stereocenters. The number of benzene rings is 1. The number of aliphatic carboxylic acids is 1. The fraction of sp³-hybridized carbons (Fsp3) is 0.542. The first kappa shape index (κ1) is 24.0. The van der Waals surface area contributed by atoms with Gasteiger partial charge < -0.3 is 20.2 Å². The van der Waals surface area contributed by atoms with Crippen LogP contribution in [0.3, 0.4) is 0 Å². The maximum atomic E-state index is 10.8. The molecule has 0 amide bonds. The van der Waals surface area contributed by atoms with Crippen LogP contribution in [0.5, 0.6) is 0 Å². The Hall–Kier alpha value is -2.09. The van der Waals surface area contributed by atoms with Crippen LogP contribution in [0, 0.1) is 11.8 Å². The molecule has 4 rings (SSSR count). The molecule has 3 heterocycles. The average molecular weight is 492 g/mol. The molecule has 2 aliphatic heterocycles. The molecular weight excluding hydrogens is 461 g/mol. The molecule has 0 aliphatic carbocycles. The normalized spacial score (nSPS) is 20.3. The first-order chi connectivity index (χ1) is 15.9. The predicted octanol–water partition coefficient (Wildman–Crippen LogP) is 4.97. The Morgan fingerprint density at radius 3 is 2.82 bits per heavy atom. The molecule has 2 N–H and O–H groups in total. The molecule has 2 fully saturated rings. The van der Waals surface area contributed by atoms with Crippen LogP contribution in [0.2, 0.25) is 10.0 Å². The fourth-order valence-electron chi connectivity index (χ4n) is 4.84. The van der Waals surface area contributed by atoms with Crippen LogP contribution in [0.25, 0.3) is 0 Å². The van der Waals surface area contributed by atoms with Crippen molar-refractivity contribution in [2.24, 2.45) is 11.8 Å². The molecule has 7 nitrogen and oxygen atoms in total. The summed E-state index contributed by atoms with van der Waals surface area (Å²) in [5.41, 5.74) is 0.968. The maximum absolute atomic E-state index is 10.8. The van der Waals surface area contributed by atoms with Crippen LogP contribution in [0.1, 0.15) is 44.2 Å². The molecule has 178 valence electrons. The van der Waals surface area contributed by atoms with E-state index in [0.29, 0.717) is 21.9 Å². The number of nitrogens with one attached hydrogen (secondary N) is 1. The Morgan fingerprint density at radius 1 is 1.24 bits per heavy atom. The maximum Gasteiger partial charge on any atom is 0.303 e. The van der Waals surface area contributed by atoms with E-state index in [1.54, 1.807) is 12.3 Å². The number of hydrogen-bond acceptors (Lipinski definition) is 6. The van der Waals surface area contributed by atoms with Crippen molar-refractivity contribution in [2.45, 2.75) is 38.6 Å². The molecule has 0 unspecified atom stereocenters. The van der Waals surface area contributed by atoms with Crippen LogP contribution < -0.4 is 10.2 Å². The highest BCUT2D eigenvalue weighted by Gasteiger charge is 2.36. The zero-order chi connectivity index (χ0) is 23.4. The summed E-state index contributed by atoms with van der Waals surface area (Å²) >= 11 is 12.4. The second-order valence-corrected chi connectivity index (χ2v) is 9.98. The third-order valence-electron chi connectivity index (χ3n) is 6.70. The lowest BCUT2D eigenvalue weighted by molar-refractivity contribution is -0.137. The van der Waals surface area contributed by atoms with Gasteiger partial charge in [-0.2, -0.15) is 4.98 Å². The van der Waals surface area contributed by atoms with E-state index in [4.69, 9.17) is 33.3 Å². The van der Waals surface area contributed by atoms with Gasteiger partial charge in [0.1, 0.15) is 5.82 Å². The van der Waals surface area contributed by atoms with E-state index in [9.17, 15) is 4.79 Å². The number of rotatable bonds is 9. The SMILES string of the molecule is C[C@@H](Nc1ccnc(N2CC([C@H]3CCCN(CCCC(=O)O)C3)C2)n1)c1ccc(Cl)cc1Cl. The molecule has 2 aliphatic rings. The summed E-state index contributed by atoms with van der Waals surface area (Å²) in [6, 6.07) is 7.37. The topological polar surface area (TPSA) is 81.6 Å². The zero-order valence-corrected chi connectivity index (χ0v) is 20.4. The van der Waals surface area contributed by atoms with Gasteiger partial charge in [-0.3, -0.25) is 4.79 Å². The number of nitrogens with zero attached hydrogens (tertiary/aromatic N) is 4. The highest BCUT2D eigenvalue weighted by Crippen LogP contribution is 2.33. The van der Waals surface area contributed by atoms with E-state index < -0.39 is 5.97 Å². The van der Waals surface area contributed by atoms with Gasteiger partial charge in [0.25, 0.3) is 0 Å². The Bertz CT molecular complexity index is 970. The fourth-order valence-corrected chi connectivity index (χ4v) is 5.41. The minimum atomic E-state index is -0.708. The Morgan fingerprint density at radius 2 is 2.06 bits per heavy atom. The van der Waals surface area contributed by atoms with Crippen molar-refractivity contribution in [3.8, 4) is 0 Å². The van der Waals surface area contributed by atoms with Crippen LogP contribution in [-0.2, 0) is 4.79 Å². The summed E-state index contributed by atoms with van der Waals surface area (Å²) in [7, 11) is 0. The van der Waals surface area contributed by atoms with E-state index in [0.717, 1.165) is 56.5 Å². The largest absolute Gasteiger partial charge is 0.481 e. The first-order valence-electron chi connectivity index (χ1n) is 11.6. The predicted molar refractivity (Wildman–Crippen MR) is 132 cm³/mol. The molecule has 2 aromatic rings. The molecule has 0 radical (unpaired) electrons. The number of carboxylic acid groups (broad SMARTS) is 1. The highest BCUT2D eigenvalue weighted by molar-refractivity contribution is 6.35. The standard InChI is InChI=1S/C24H31Cl2N5O2/c1-16(20-7-6-19(25)12-21(20)26)28-22-8-9-27-24(29-22)31-14-18(15-31)17-4-2-10-30(13-17)11-3-5-23(32)33/h6-9,12,16-18H,2-5,10-11,13-15H2,1H3,(H,32,33)(H,27,28,29)/t16-,17+/m1/s1. The number of aromatic nitrogens is 2. The molecule has 1 aromatic carbocycles. The van der Waals surface area contributed by atoms with Gasteiger partial charge in [-0.05, 0) is 74.9 Å². The van der Waals surface area contributed by atoms with Gasteiger partial charge in [0.15, 0.2) is 0 Å². The third kappa shape index (κ3) is 6.28. The molecule has 2 saturated heterocycles. The number of carboxylic acids is 1. The van der Waals surface area contributed by atoms with Crippen molar-refractivity contribution in [1.82, 2.24) is 14.9 Å². The molecule has 0 bridgehead atoms. The van der Waals surface area contributed by atoms with Gasteiger partial charge in [0.05, 0.1) is 6.04 Å². The van der Waals surface area contributed by atoms with Crippen molar-refractivity contribution in [2.75, 3.05) is 42.9 Å². The number of hydrogen-bond donors (Lipinski definition) is 2. The smallest absolute Gasteiger partial charge is 0.303 e. The number of carbonyl (C=O) groups is 1. The first-order valence-corrected chi connectivity index (χ1v) is 12.4. The van der Waals surface area contributed by atoms with Gasteiger partial charge in [0.2, 0.25) is 5.95 Å². The van der Waals surface area contributed by atoms with E-state index in [2.05, 4.69) is 20.1 Å². The quantitative estimate of drug-likeness (QED) is 0.512. The van der Waals surface area contributed by atoms with E-state index >= 15 is 0 Å². The molecule has 9 heteroatoms. The van der Waals surface area contributed by atoms with Crippen LogP contribution in [0.4, 0.5) is 11.8 Å². The van der Waals surface area contributed by atoms with Crippen LogP contribution in [0.15, 0.2) is 30.5 Å². The second-order valence-electron chi connectivity index (χ2n) is 9.14. The number of halogens is 2. The summed E-state index contributed by atoms with van der Waals surface area (Å²) in [4.78, 5) is 24.7. The van der Waals surface area contributed by atoms with Crippen molar-refractivity contribution in [3.05, 3.63) is 46.1 Å². The Kier molecular flexibility index (Phi) is 7.94. The molecule has 0 saturated carbocycles. The highest BCUT2D eigenvalue weighted by atomic mass is 35.5. The Labute approximate surface area is 205 Å². The Balaban J connectivity index is 1.29. The summed E-state index contributed by atoms with van der Waals surface area (Å²) in [5.74, 6) is 2.11. The lowest BCUT2D eigenvalue weighted by atomic mass is 9.80. The monoisotopic (exact) mass is 491 g/mol. The summed E-state index contributed by atoms with van der Waals surface area (Å²) < 4.78 is 0. The minimum Gasteiger partial charge on any atom is -0.481 e. The van der Waals surface area contributed by atoms with Gasteiger partial charge >= 0.3 is 5.97 Å². The summed E-state index contributed by atoms with van der Waals surface area (Å²) in [6.45, 7) is 7.01.